The maximum atomic E-state index is 14.7. The molecule has 10 aliphatic rings. The number of carbonyl (C=O) groups excluding carboxylic acids is 4. The first-order chi connectivity index (χ1) is 37.6. The number of fused-ring (bicyclic) bond motifs is 12. The summed E-state index contributed by atoms with van der Waals surface area (Å²) in [5, 5.41) is 0. The van der Waals surface area contributed by atoms with E-state index < -0.39 is 62.7 Å². The van der Waals surface area contributed by atoms with Gasteiger partial charge in [-0.25, -0.2) is 25.4 Å². The van der Waals surface area contributed by atoms with Gasteiger partial charge in [0.1, 0.15) is 15.9 Å². The number of aryl methyl sites for hydroxylation is 2. The maximum Gasteiger partial charge on any atom is 0.266 e. The third-order valence-corrected chi connectivity index (χ3v) is 29.0. The van der Waals surface area contributed by atoms with E-state index in [-0.39, 0.29) is 53.7 Å². The minimum atomic E-state index is -4.17. The predicted octanol–water partition coefficient (Wildman–Crippen LogP) is 10.3. The van der Waals surface area contributed by atoms with E-state index in [4.69, 9.17) is 12.2 Å². The minimum absolute atomic E-state index is 0. The Balaban J connectivity index is 0.000000157. The Hall–Kier alpha value is -5.46. The summed E-state index contributed by atoms with van der Waals surface area (Å²) < 4.78 is 61.5. The second-order valence-electron chi connectivity index (χ2n) is 21.3. The van der Waals surface area contributed by atoms with Gasteiger partial charge < -0.3 is 9.80 Å². The van der Waals surface area contributed by atoms with Gasteiger partial charge in [0.25, 0.3) is 43.7 Å². The van der Waals surface area contributed by atoms with E-state index >= 15 is 0 Å². The fourth-order valence-corrected chi connectivity index (χ4v) is 26.3. The molecule has 22 heteroatoms. The van der Waals surface area contributed by atoms with Gasteiger partial charge in [-0.15, -0.1) is 0 Å². The summed E-state index contributed by atoms with van der Waals surface area (Å²) in [6.07, 6.45) is -1.54. The summed E-state index contributed by atoms with van der Waals surface area (Å²) >= 11 is 8.12. The lowest BCUT2D eigenvalue weighted by Crippen LogP contribution is -2.72. The second-order valence-corrected chi connectivity index (χ2v) is 33.4. The zero-order valence-corrected chi connectivity index (χ0v) is 49.8. The van der Waals surface area contributed by atoms with Crippen molar-refractivity contribution in [2.45, 2.75) is 100 Å². The van der Waals surface area contributed by atoms with Crippen molar-refractivity contribution in [2.24, 2.45) is 0 Å². The lowest BCUT2D eigenvalue weighted by Gasteiger charge is -2.50. The largest absolute Gasteiger partial charge is 0.320 e. The van der Waals surface area contributed by atoms with Crippen molar-refractivity contribution in [3.63, 3.8) is 0 Å². The molecule has 0 N–H and O–H groups in total. The van der Waals surface area contributed by atoms with Gasteiger partial charge in [0, 0.05) is 26.9 Å². The monoisotopic (exact) mass is 1220 g/mol. The van der Waals surface area contributed by atoms with Gasteiger partial charge in [0.2, 0.25) is 0 Å². The molecule has 8 saturated heterocycles. The molecule has 4 amide bonds. The first kappa shape index (κ1) is 55.1. The Labute approximate surface area is 491 Å². The second kappa shape index (κ2) is 18.5. The van der Waals surface area contributed by atoms with Crippen LogP contribution in [0.25, 0.3) is 0 Å². The van der Waals surface area contributed by atoms with Crippen molar-refractivity contribution >= 4 is 126 Å². The quantitative estimate of drug-likeness (QED) is 0.115. The van der Waals surface area contributed by atoms with E-state index in [1.807, 2.05) is 105 Å². The molecule has 8 atom stereocenters. The molecule has 8 fully saturated rings. The molecule has 6 aromatic rings. The lowest BCUT2D eigenvalue weighted by molar-refractivity contribution is -0.162. The predicted molar refractivity (Wildman–Crippen MR) is 325 cm³/mol. The van der Waals surface area contributed by atoms with E-state index in [9.17, 15) is 36.0 Å². The molecule has 0 saturated carbocycles. The van der Waals surface area contributed by atoms with Gasteiger partial charge in [0.15, 0.2) is 19.5 Å². The van der Waals surface area contributed by atoms with Crippen LogP contribution in [0.1, 0.15) is 67.5 Å². The van der Waals surface area contributed by atoms with Crippen LogP contribution in [0.15, 0.2) is 168 Å². The standard InChI is InChI=1S/C29H25N3O4S4.C28H25N3O4S4.CH4/c1-18-13-15-19(16-14-18)28-17-29-25(34)30(3)27(2,38-26(37)39-29)24(33)31(29)23(28)32(22-12-8-7-11-21(22)28)40(35,36)20-9-5-4-6-10-20;1-18-13-15-19(16-14-18)27-17-28-25(33)29(3)26(2,36-38-37-28)24(32)30(28)23(27)31(22-12-8-7-11-21(22)27)39(34,35)20-9-5-4-6-10-20;/h4-16,23H,17H2,1-3H3;4-16,23H,17H2,1-3H3;1H4/t23-,27-,28-,29-;23-,26-,27-,28-;/m00./s1. The van der Waals surface area contributed by atoms with Crippen LogP contribution in [0.4, 0.5) is 11.4 Å². The van der Waals surface area contributed by atoms with Crippen molar-refractivity contribution in [1.29, 1.82) is 0 Å². The molecule has 16 rings (SSSR count). The van der Waals surface area contributed by atoms with E-state index in [1.54, 1.807) is 109 Å². The smallest absolute Gasteiger partial charge is 0.266 e. The first-order valence-corrected chi connectivity index (χ1v) is 33.7. The van der Waals surface area contributed by atoms with Crippen molar-refractivity contribution in [1.82, 2.24) is 19.6 Å². The molecular formula is C58H54N6O8S8. The average Bonchev–Trinajstić information content (AvgIpc) is 4.22. The van der Waals surface area contributed by atoms with Crippen molar-refractivity contribution in [3.8, 4) is 0 Å². The summed E-state index contributed by atoms with van der Waals surface area (Å²) in [4.78, 5) is 59.2. The van der Waals surface area contributed by atoms with Crippen LogP contribution >= 0.6 is 67.2 Å². The molecule has 2 spiro atoms. The van der Waals surface area contributed by atoms with Gasteiger partial charge >= 0.3 is 0 Å². The molecule has 10 aliphatic heterocycles. The van der Waals surface area contributed by atoms with Crippen molar-refractivity contribution < 1.29 is 36.0 Å². The number of para-hydroxylation sites is 2. The fraction of sp³-hybridized carbons (Fsp3) is 0.293. The highest BCUT2D eigenvalue weighted by Gasteiger charge is 2.80. The molecule has 412 valence electrons. The highest BCUT2D eigenvalue weighted by atomic mass is 33.5. The van der Waals surface area contributed by atoms with Gasteiger partial charge in [-0.05, 0) is 118 Å². The van der Waals surface area contributed by atoms with E-state index in [2.05, 4.69) is 0 Å². The number of nitrogens with zero attached hydrogens (tertiary/aromatic N) is 6. The van der Waals surface area contributed by atoms with Gasteiger partial charge in [-0.2, -0.15) is 0 Å². The number of likely N-dealkylation sites (N-methyl/N-ethyl adjacent to an activating group) is 2. The summed E-state index contributed by atoms with van der Waals surface area (Å²) in [6.45, 7) is 7.45. The third-order valence-electron chi connectivity index (χ3n) is 17.3. The SMILES string of the molecule is C.Cc1ccc([C@]23C[C@@]45SC(=S)S[C@@](C)(C(=O)N4[C@H]2N(S(=O)(=O)c2ccccc2)c2ccccc23)N(C)C5=O)cc1.Cc1ccc([C@]23C[C@@]45SSS[C@@](C)(C(=O)N4[C@H]2N(S(=O)(=O)c2ccccc2)c2ccccc23)N(C)C5=O)cc1. The van der Waals surface area contributed by atoms with Crippen LogP contribution in [0.2, 0.25) is 0 Å². The summed E-state index contributed by atoms with van der Waals surface area (Å²) in [5.41, 5.74) is 4.48. The molecule has 14 nitrogen and oxygen atoms in total. The highest BCUT2D eigenvalue weighted by molar-refractivity contribution is 9.10. The van der Waals surface area contributed by atoms with Crippen LogP contribution in [-0.2, 0) is 50.1 Å². The number of anilines is 2. The zero-order valence-electron chi connectivity index (χ0n) is 43.3. The summed E-state index contributed by atoms with van der Waals surface area (Å²) in [5.74, 6) is -1.01. The molecule has 0 aromatic heterocycles. The van der Waals surface area contributed by atoms with Gasteiger partial charge in [-0.3, -0.25) is 29.0 Å². The third kappa shape index (κ3) is 6.99. The number of benzene rings is 6. The minimum Gasteiger partial charge on any atom is -0.320 e. The number of hydrogen-bond donors (Lipinski definition) is 0. The normalized spacial score (nSPS) is 30.6. The number of rotatable bonds is 6. The van der Waals surface area contributed by atoms with E-state index in [0.717, 1.165) is 33.4 Å². The first-order valence-electron chi connectivity index (χ1n) is 25.3. The molecular weight excluding hydrogens is 1170 g/mol. The number of thioether (sulfide) groups is 2. The highest BCUT2D eigenvalue weighted by Crippen LogP contribution is 2.72. The fourth-order valence-electron chi connectivity index (χ4n) is 13.3. The lowest BCUT2D eigenvalue weighted by atomic mass is 9.72. The van der Waals surface area contributed by atoms with Gasteiger partial charge in [0.05, 0.1) is 32.0 Å². The Morgan fingerprint density at radius 1 is 0.487 bits per heavy atom. The Bertz CT molecular complexity index is 3890. The van der Waals surface area contributed by atoms with E-state index in [1.165, 1.54) is 68.4 Å². The molecule has 0 unspecified atom stereocenters. The number of amides is 4. The number of piperazine rings is 2. The molecule has 0 aliphatic carbocycles. The Morgan fingerprint density at radius 2 is 0.875 bits per heavy atom. The molecule has 0 radical (unpaired) electrons. The van der Waals surface area contributed by atoms with Crippen LogP contribution in [0, 0.1) is 13.8 Å². The maximum absolute atomic E-state index is 14.7. The summed E-state index contributed by atoms with van der Waals surface area (Å²) in [7, 11) is -0.829. The van der Waals surface area contributed by atoms with Crippen molar-refractivity contribution in [2.75, 3.05) is 22.7 Å². The average molecular weight is 1220 g/mol. The summed E-state index contributed by atoms with van der Waals surface area (Å²) in [6, 6.07) is 47.4. The molecule has 80 heavy (non-hydrogen) atoms. The topological polar surface area (TPSA) is 156 Å². The number of thiocarbonyl (C=S) groups is 1. The number of hydrogen-bond acceptors (Lipinski definition) is 14. The molecule has 10 heterocycles. The molecule has 4 bridgehead atoms. The van der Waals surface area contributed by atoms with Crippen LogP contribution in [0.5, 0.6) is 0 Å². The van der Waals surface area contributed by atoms with Crippen LogP contribution in [-0.4, -0.2) is 110 Å². The van der Waals surface area contributed by atoms with E-state index in [0.29, 0.717) is 14.9 Å². The number of sulfonamides is 2. The zero-order chi connectivity index (χ0) is 55.6. The Morgan fingerprint density at radius 3 is 1.35 bits per heavy atom. The van der Waals surface area contributed by atoms with Crippen LogP contribution < -0.4 is 8.61 Å². The van der Waals surface area contributed by atoms with Crippen LogP contribution in [0.3, 0.4) is 0 Å². The Kier molecular flexibility index (Phi) is 12.8. The molecule has 6 aromatic carbocycles. The number of carbonyl (C=O) groups is 4. The van der Waals surface area contributed by atoms with Gasteiger partial charge in [-0.1, -0.05) is 176 Å². The van der Waals surface area contributed by atoms with Crippen molar-refractivity contribution in [3.05, 3.63) is 191 Å².